The van der Waals surface area contributed by atoms with E-state index >= 15 is 0 Å². The summed E-state index contributed by atoms with van der Waals surface area (Å²) in [6, 6.07) is 0. The largest absolute Gasteiger partial charge is 0.465 e. The van der Waals surface area contributed by atoms with E-state index in [0.717, 1.165) is 25.7 Å². The predicted molar refractivity (Wildman–Crippen MR) is 49.3 cm³/mol. The van der Waals surface area contributed by atoms with Crippen molar-refractivity contribution in [3.05, 3.63) is 0 Å². The molecular weight excluding hydrogens is 208 g/mol. The zero-order chi connectivity index (χ0) is 10.6. The van der Waals surface area contributed by atoms with Crippen molar-refractivity contribution in [2.24, 2.45) is 5.92 Å². The van der Waals surface area contributed by atoms with E-state index in [2.05, 4.69) is 0 Å². The Bertz CT molecular complexity index is 289. The summed E-state index contributed by atoms with van der Waals surface area (Å²) in [6.45, 7) is 0.272. The average Bonchev–Trinajstić information content (AvgIpc) is 2.49. The fourth-order valence-corrected chi connectivity index (χ4v) is 1.96. The molecule has 0 aliphatic heterocycles. The molecule has 0 amide bonds. The first-order chi connectivity index (χ1) is 6.47. The van der Waals surface area contributed by atoms with Gasteiger partial charge in [-0.25, -0.2) is 0 Å². The second kappa shape index (κ2) is 4.75. The molecule has 5 nitrogen and oxygen atoms in total. The molecule has 0 aromatic carbocycles. The van der Waals surface area contributed by atoms with Crippen LogP contribution in [0.3, 0.4) is 0 Å². The van der Waals surface area contributed by atoms with Crippen molar-refractivity contribution in [1.82, 2.24) is 0 Å². The first-order valence-corrected chi connectivity index (χ1v) is 6.19. The zero-order valence-electron chi connectivity index (χ0n) is 7.81. The van der Waals surface area contributed by atoms with E-state index in [9.17, 15) is 13.2 Å². The van der Waals surface area contributed by atoms with Crippen molar-refractivity contribution in [2.45, 2.75) is 25.7 Å². The summed E-state index contributed by atoms with van der Waals surface area (Å²) in [4.78, 5) is 10.9. The van der Waals surface area contributed by atoms with Gasteiger partial charge in [-0.15, -0.1) is 0 Å². The van der Waals surface area contributed by atoms with Crippen molar-refractivity contribution in [2.75, 3.05) is 12.4 Å². The number of carbonyl (C=O) groups excluding carboxylic acids is 1. The smallest absolute Gasteiger partial charge is 0.323 e. The molecule has 82 valence electrons. The van der Waals surface area contributed by atoms with Crippen LogP contribution in [-0.2, 0) is 19.6 Å². The van der Waals surface area contributed by atoms with Crippen LogP contribution in [0.2, 0.25) is 0 Å². The van der Waals surface area contributed by atoms with E-state index in [-0.39, 0.29) is 6.61 Å². The summed E-state index contributed by atoms with van der Waals surface area (Å²) in [5.41, 5.74) is 0. The molecular formula is C8H14O5S. The van der Waals surface area contributed by atoms with Gasteiger partial charge in [-0.1, -0.05) is 12.8 Å². The molecule has 0 aromatic rings. The number of esters is 1. The summed E-state index contributed by atoms with van der Waals surface area (Å²) in [7, 11) is -4.24. The first kappa shape index (κ1) is 11.5. The Kier molecular flexibility index (Phi) is 3.88. The van der Waals surface area contributed by atoms with Gasteiger partial charge in [0.1, 0.15) is 0 Å². The highest BCUT2D eigenvalue weighted by atomic mass is 32.2. The van der Waals surface area contributed by atoms with Gasteiger partial charge in [0.15, 0.2) is 5.75 Å². The standard InChI is InChI=1S/C8H14O5S/c9-8(6-14(10,11)12)13-5-7-3-1-2-4-7/h7H,1-6H2,(H,10,11,12). The van der Waals surface area contributed by atoms with Gasteiger partial charge in [-0.3, -0.25) is 9.35 Å². The number of hydrogen-bond donors (Lipinski definition) is 1. The molecule has 1 aliphatic rings. The van der Waals surface area contributed by atoms with Crippen molar-refractivity contribution in [1.29, 1.82) is 0 Å². The van der Waals surface area contributed by atoms with Crippen LogP contribution in [-0.4, -0.2) is 31.3 Å². The van der Waals surface area contributed by atoms with Crippen LogP contribution < -0.4 is 0 Å². The number of ether oxygens (including phenoxy) is 1. The minimum absolute atomic E-state index is 0.272. The fourth-order valence-electron chi connectivity index (χ4n) is 1.58. The maximum absolute atomic E-state index is 10.9. The lowest BCUT2D eigenvalue weighted by Crippen LogP contribution is -2.20. The molecule has 0 saturated heterocycles. The van der Waals surface area contributed by atoms with Crippen LogP contribution >= 0.6 is 0 Å². The SMILES string of the molecule is O=C(CS(=O)(=O)O)OCC1CCCC1. The second-order valence-electron chi connectivity index (χ2n) is 3.56. The van der Waals surface area contributed by atoms with E-state index in [1.807, 2.05) is 0 Å². The lowest BCUT2D eigenvalue weighted by atomic mass is 10.1. The third kappa shape index (κ3) is 4.57. The molecule has 0 spiro atoms. The Balaban J connectivity index is 2.21. The lowest BCUT2D eigenvalue weighted by Gasteiger charge is -2.08. The molecule has 0 atom stereocenters. The number of carbonyl (C=O) groups is 1. The molecule has 1 fully saturated rings. The predicted octanol–water partition coefficient (Wildman–Crippen LogP) is 0.608. The van der Waals surface area contributed by atoms with Crippen molar-refractivity contribution >= 4 is 16.1 Å². The van der Waals surface area contributed by atoms with Gasteiger partial charge in [0, 0.05) is 0 Å². The first-order valence-electron chi connectivity index (χ1n) is 4.58. The van der Waals surface area contributed by atoms with Crippen LogP contribution in [0.1, 0.15) is 25.7 Å². The van der Waals surface area contributed by atoms with Crippen LogP contribution in [0.25, 0.3) is 0 Å². The summed E-state index contributed by atoms with van der Waals surface area (Å²) in [6.07, 6.45) is 4.33. The quantitative estimate of drug-likeness (QED) is 0.556. The van der Waals surface area contributed by atoms with E-state index in [1.54, 1.807) is 0 Å². The Morgan fingerprint density at radius 2 is 1.93 bits per heavy atom. The number of hydrogen-bond acceptors (Lipinski definition) is 4. The summed E-state index contributed by atoms with van der Waals surface area (Å²) >= 11 is 0. The number of rotatable bonds is 4. The summed E-state index contributed by atoms with van der Waals surface area (Å²) < 4.78 is 33.7. The van der Waals surface area contributed by atoms with Crippen LogP contribution in [0.4, 0.5) is 0 Å². The molecule has 1 saturated carbocycles. The Labute approximate surface area is 83.2 Å². The van der Waals surface area contributed by atoms with Gasteiger partial charge in [0.2, 0.25) is 0 Å². The van der Waals surface area contributed by atoms with Crippen LogP contribution in [0, 0.1) is 5.92 Å². The fraction of sp³-hybridized carbons (Fsp3) is 0.875. The van der Waals surface area contributed by atoms with Gasteiger partial charge >= 0.3 is 5.97 Å². The van der Waals surface area contributed by atoms with Crippen molar-refractivity contribution in [3.8, 4) is 0 Å². The molecule has 1 rings (SSSR count). The van der Waals surface area contributed by atoms with Crippen LogP contribution in [0.5, 0.6) is 0 Å². The topological polar surface area (TPSA) is 80.7 Å². The zero-order valence-corrected chi connectivity index (χ0v) is 8.62. The molecule has 0 aromatic heterocycles. The highest BCUT2D eigenvalue weighted by molar-refractivity contribution is 7.86. The second-order valence-corrected chi connectivity index (χ2v) is 5.01. The van der Waals surface area contributed by atoms with E-state index in [1.165, 1.54) is 0 Å². The molecule has 0 bridgehead atoms. The van der Waals surface area contributed by atoms with E-state index < -0.39 is 21.8 Å². The molecule has 6 heteroatoms. The highest BCUT2D eigenvalue weighted by Crippen LogP contribution is 2.24. The minimum atomic E-state index is -4.24. The van der Waals surface area contributed by atoms with E-state index in [0.29, 0.717) is 5.92 Å². The third-order valence-corrected chi connectivity index (χ3v) is 2.86. The van der Waals surface area contributed by atoms with Gasteiger partial charge in [-0.05, 0) is 18.8 Å². The summed E-state index contributed by atoms with van der Waals surface area (Å²) in [5.74, 6) is -1.46. The Morgan fingerprint density at radius 3 is 2.43 bits per heavy atom. The molecule has 0 radical (unpaired) electrons. The van der Waals surface area contributed by atoms with Gasteiger partial charge in [0.25, 0.3) is 10.1 Å². The van der Waals surface area contributed by atoms with Gasteiger partial charge < -0.3 is 4.74 Å². The van der Waals surface area contributed by atoms with Crippen molar-refractivity contribution < 1.29 is 22.5 Å². The minimum Gasteiger partial charge on any atom is -0.465 e. The third-order valence-electron chi connectivity index (χ3n) is 2.26. The molecule has 1 N–H and O–H groups in total. The molecule has 0 unspecified atom stereocenters. The monoisotopic (exact) mass is 222 g/mol. The van der Waals surface area contributed by atoms with Gasteiger partial charge in [0.05, 0.1) is 6.61 Å². The lowest BCUT2D eigenvalue weighted by molar-refractivity contribution is -0.141. The van der Waals surface area contributed by atoms with Crippen molar-refractivity contribution in [3.63, 3.8) is 0 Å². The van der Waals surface area contributed by atoms with E-state index in [4.69, 9.17) is 9.29 Å². The molecule has 0 heterocycles. The average molecular weight is 222 g/mol. The van der Waals surface area contributed by atoms with Crippen LogP contribution in [0.15, 0.2) is 0 Å². The normalized spacial score (nSPS) is 18.4. The maximum Gasteiger partial charge on any atom is 0.323 e. The molecule has 1 aliphatic carbocycles. The molecule has 14 heavy (non-hydrogen) atoms. The Morgan fingerprint density at radius 1 is 1.36 bits per heavy atom. The van der Waals surface area contributed by atoms with Gasteiger partial charge in [-0.2, -0.15) is 8.42 Å². The Hall–Kier alpha value is -0.620. The summed E-state index contributed by atoms with van der Waals surface area (Å²) in [5, 5.41) is 0. The maximum atomic E-state index is 10.9. The highest BCUT2D eigenvalue weighted by Gasteiger charge is 2.19.